The van der Waals surface area contributed by atoms with Crippen LogP contribution in [0.3, 0.4) is 0 Å². The van der Waals surface area contributed by atoms with Crippen LogP contribution >= 0.6 is 0 Å². The van der Waals surface area contributed by atoms with Crippen LogP contribution in [0.2, 0.25) is 0 Å². The van der Waals surface area contributed by atoms with E-state index in [0.717, 1.165) is 0 Å². The average molecular weight is 264 g/mol. The fourth-order valence-corrected chi connectivity index (χ4v) is 2.04. The van der Waals surface area contributed by atoms with Gasteiger partial charge in [0, 0.05) is 24.4 Å². The van der Waals surface area contributed by atoms with Crippen molar-refractivity contribution in [1.82, 2.24) is 0 Å². The van der Waals surface area contributed by atoms with Crippen molar-refractivity contribution in [2.24, 2.45) is 5.73 Å². The number of ether oxygens (including phenoxy) is 1. The van der Waals surface area contributed by atoms with E-state index in [1.54, 1.807) is 6.07 Å². The van der Waals surface area contributed by atoms with Crippen molar-refractivity contribution < 1.29 is 19.4 Å². The van der Waals surface area contributed by atoms with Gasteiger partial charge in [-0.15, -0.1) is 0 Å². The van der Waals surface area contributed by atoms with Crippen molar-refractivity contribution >= 4 is 17.3 Å². The summed E-state index contributed by atoms with van der Waals surface area (Å²) in [4.78, 5) is 23.8. The number of ketones is 2. The molecule has 19 heavy (non-hydrogen) atoms. The molecule has 0 saturated heterocycles. The second-order valence-electron chi connectivity index (χ2n) is 4.49. The fraction of sp³-hybridized carbons (Fsp3) is 0.385. The Kier molecular flexibility index (Phi) is 3.82. The van der Waals surface area contributed by atoms with Crippen LogP contribution in [0.15, 0.2) is 12.1 Å². The van der Waals surface area contributed by atoms with E-state index < -0.39 is 6.04 Å². The van der Waals surface area contributed by atoms with Gasteiger partial charge in [-0.3, -0.25) is 9.59 Å². The smallest absolute Gasteiger partial charge is 0.172 e. The third-order valence-electron chi connectivity index (χ3n) is 3.06. The van der Waals surface area contributed by atoms with Gasteiger partial charge in [0.25, 0.3) is 0 Å². The number of carbonyl (C=O) groups is 2. The standard InChI is InChI=1S/C13H16N2O4/c14-7(6-16)5-10(18)8-1-2-11-12(13(8)15)9(17)3-4-19-11/h1-2,7,16H,3-6,14-15H2/t7-/m1/s1. The molecule has 0 radical (unpaired) electrons. The molecule has 1 aliphatic rings. The van der Waals surface area contributed by atoms with Crippen LogP contribution in [0.25, 0.3) is 0 Å². The molecule has 0 aromatic heterocycles. The molecule has 1 heterocycles. The third-order valence-corrected chi connectivity index (χ3v) is 3.06. The Balaban J connectivity index is 2.35. The van der Waals surface area contributed by atoms with E-state index in [-0.39, 0.29) is 47.8 Å². The van der Waals surface area contributed by atoms with Gasteiger partial charge < -0.3 is 21.3 Å². The molecule has 0 aliphatic carbocycles. The number of aliphatic hydroxyl groups is 1. The fourth-order valence-electron chi connectivity index (χ4n) is 2.04. The molecule has 1 aromatic carbocycles. The lowest BCUT2D eigenvalue weighted by molar-refractivity contribution is 0.0934. The minimum absolute atomic E-state index is 0.0193. The van der Waals surface area contributed by atoms with Gasteiger partial charge in [-0.1, -0.05) is 0 Å². The molecule has 1 atom stereocenters. The number of aliphatic hydroxyl groups excluding tert-OH is 1. The summed E-state index contributed by atoms with van der Waals surface area (Å²) in [6.07, 6.45) is 0.236. The number of rotatable bonds is 4. The molecular weight excluding hydrogens is 248 g/mol. The number of benzene rings is 1. The van der Waals surface area contributed by atoms with Crippen molar-refractivity contribution in [3.05, 3.63) is 23.3 Å². The number of carbonyl (C=O) groups excluding carboxylic acids is 2. The molecule has 0 bridgehead atoms. The summed E-state index contributed by atoms with van der Waals surface area (Å²) in [7, 11) is 0. The first kappa shape index (κ1) is 13.5. The second kappa shape index (κ2) is 5.38. The summed E-state index contributed by atoms with van der Waals surface area (Å²) >= 11 is 0. The highest BCUT2D eigenvalue weighted by Gasteiger charge is 2.25. The highest BCUT2D eigenvalue weighted by atomic mass is 16.5. The van der Waals surface area contributed by atoms with Crippen LogP contribution in [0.4, 0.5) is 5.69 Å². The Hall–Kier alpha value is -1.92. The zero-order chi connectivity index (χ0) is 14.0. The first-order chi connectivity index (χ1) is 9.04. The van der Waals surface area contributed by atoms with Crippen molar-refractivity contribution in [2.45, 2.75) is 18.9 Å². The van der Waals surface area contributed by atoms with E-state index in [1.807, 2.05) is 0 Å². The molecular formula is C13H16N2O4. The van der Waals surface area contributed by atoms with Crippen molar-refractivity contribution in [3.8, 4) is 5.75 Å². The van der Waals surface area contributed by atoms with Gasteiger partial charge in [-0.25, -0.2) is 0 Å². The maximum Gasteiger partial charge on any atom is 0.172 e. The normalized spacial score (nSPS) is 15.6. The van der Waals surface area contributed by atoms with Gasteiger partial charge in [-0.2, -0.15) is 0 Å². The SMILES string of the molecule is Nc1c(C(=O)C[C@@H](N)CO)ccc2c1C(=O)CCO2. The van der Waals surface area contributed by atoms with E-state index in [0.29, 0.717) is 12.4 Å². The molecule has 6 heteroatoms. The Labute approximate surface area is 110 Å². The minimum Gasteiger partial charge on any atom is -0.492 e. The van der Waals surface area contributed by atoms with Gasteiger partial charge in [0.15, 0.2) is 11.6 Å². The quantitative estimate of drug-likeness (QED) is 0.525. The average Bonchev–Trinajstić information content (AvgIpc) is 2.38. The summed E-state index contributed by atoms with van der Waals surface area (Å²) in [6, 6.07) is 2.47. The molecule has 1 aliphatic heterocycles. The Morgan fingerprint density at radius 2 is 2.21 bits per heavy atom. The molecule has 2 rings (SSSR count). The molecule has 0 spiro atoms. The van der Waals surface area contributed by atoms with E-state index in [2.05, 4.69) is 0 Å². The number of Topliss-reactive ketones (excluding diaryl/α,β-unsaturated/α-hetero) is 2. The monoisotopic (exact) mass is 264 g/mol. The number of nitrogen functional groups attached to an aromatic ring is 1. The summed E-state index contributed by atoms with van der Waals surface area (Å²) in [5.74, 6) is -0.00293. The predicted octanol–water partition coefficient (Wildman–Crippen LogP) is 0.126. The third kappa shape index (κ3) is 2.59. The van der Waals surface area contributed by atoms with Gasteiger partial charge in [-0.05, 0) is 12.1 Å². The van der Waals surface area contributed by atoms with Crippen LogP contribution in [0.1, 0.15) is 33.6 Å². The van der Waals surface area contributed by atoms with Crippen LogP contribution in [0, 0.1) is 0 Å². The zero-order valence-corrected chi connectivity index (χ0v) is 10.4. The van der Waals surface area contributed by atoms with Crippen molar-refractivity contribution in [3.63, 3.8) is 0 Å². The highest BCUT2D eigenvalue weighted by Crippen LogP contribution is 2.32. The van der Waals surface area contributed by atoms with Crippen molar-refractivity contribution in [2.75, 3.05) is 18.9 Å². The minimum atomic E-state index is -0.630. The Bertz CT molecular complexity index is 528. The predicted molar refractivity (Wildman–Crippen MR) is 69.3 cm³/mol. The maximum atomic E-state index is 12.0. The largest absolute Gasteiger partial charge is 0.492 e. The number of hydrogen-bond acceptors (Lipinski definition) is 6. The molecule has 0 unspecified atom stereocenters. The van der Waals surface area contributed by atoms with E-state index >= 15 is 0 Å². The van der Waals surface area contributed by atoms with Crippen LogP contribution in [-0.4, -0.2) is 35.9 Å². The summed E-state index contributed by atoms with van der Waals surface area (Å²) < 4.78 is 5.33. The zero-order valence-electron chi connectivity index (χ0n) is 10.4. The molecule has 0 saturated carbocycles. The lowest BCUT2D eigenvalue weighted by Gasteiger charge is -2.19. The summed E-state index contributed by atoms with van der Waals surface area (Å²) in [6.45, 7) is 0.0482. The Morgan fingerprint density at radius 3 is 2.89 bits per heavy atom. The topological polar surface area (TPSA) is 116 Å². The first-order valence-electron chi connectivity index (χ1n) is 6.02. The second-order valence-corrected chi connectivity index (χ2v) is 4.49. The lowest BCUT2D eigenvalue weighted by Crippen LogP contribution is -2.28. The van der Waals surface area contributed by atoms with Crippen LogP contribution < -0.4 is 16.2 Å². The molecule has 6 nitrogen and oxygen atoms in total. The van der Waals surface area contributed by atoms with Crippen molar-refractivity contribution in [1.29, 1.82) is 0 Å². The summed E-state index contributed by atoms with van der Waals surface area (Å²) in [5, 5.41) is 8.85. The van der Waals surface area contributed by atoms with Gasteiger partial charge in [0.1, 0.15) is 5.75 Å². The first-order valence-corrected chi connectivity index (χ1v) is 6.02. The Morgan fingerprint density at radius 1 is 1.47 bits per heavy atom. The summed E-state index contributed by atoms with van der Waals surface area (Å²) in [5.41, 5.74) is 12.1. The number of nitrogens with two attached hydrogens (primary N) is 2. The highest BCUT2D eigenvalue weighted by molar-refractivity contribution is 6.10. The van der Waals surface area contributed by atoms with Gasteiger partial charge in [0.2, 0.25) is 0 Å². The van der Waals surface area contributed by atoms with E-state index in [9.17, 15) is 9.59 Å². The maximum absolute atomic E-state index is 12.0. The molecule has 1 aromatic rings. The number of fused-ring (bicyclic) bond motifs is 1. The van der Waals surface area contributed by atoms with E-state index in [1.165, 1.54) is 6.07 Å². The number of hydrogen-bond donors (Lipinski definition) is 3. The lowest BCUT2D eigenvalue weighted by atomic mass is 9.95. The molecule has 5 N–H and O–H groups in total. The van der Waals surface area contributed by atoms with E-state index in [4.69, 9.17) is 21.3 Å². The van der Waals surface area contributed by atoms with Crippen LogP contribution in [-0.2, 0) is 0 Å². The molecule has 102 valence electrons. The van der Waals surface area contributed by atoms with Gasteiger partial charge in [0.05, 0.1) is 24.5 Å². The molecule has 0 amide bonds. The molecule has 0 fully saturated rings. The van der Waals surface area contributed by atoms with Crippen LogP contribution in [0.5, 0.6) is 5.75 Å². The number of anilines is 1. The van der Waals surface area contributed by atoms with Gasteiger partial charge >= 0.3 is 0 Å².